The molecule has 0 spiro atoms. The Labute approximate surface area is 185 Å². The summed E-state index contributed by atoms with van der Waals surface area (Å²) in [6, 6.07) is 16.7. The summed E-state index contributed by atoms with van der Waals surface area (Å²) >= 11 is 0. The Balaban J connectivity index is 1.28. The maximum atomic E-state index is 4.77. The SMILES string of the molecule is CN1CCN(c2ccc(Nc3ncc4cnn(-c5cccc6[nH]ccc56)c4n3)cc2)CC1. The normalized spacial score (nSPS) is 15.0. The zero-order valence-electron chi connectivity index (χ0n) is 17.9. The highest BCUT2D eigenvalue weighted by atomic mass is 15.3. The van der Waals surface area contributed by atoms with Gasteiger partial charge in [0.1, 0.15) is 0 Å². The molecular weight excluding hydrogens is 400 g/mol. The molecule has 160 valence electrons. The highest BCUT2D eigenvalue weighted by Crippen LogP contribution is 2.25. The quantitative estimate of drug-likeness (QED) is 0.457. The van der Waals surface area contributed by atoms with Crippen molar-refractivity contribution in [1.29, 1.82) is 0 Å². The number of hydrogen-bond acceptors (Lipinski definition) is 6. The van der Waals surface area contributed by atoms with Gasteiger partial charge in [0.25, 0.3) is 0 Å². The van der Waals surface area contributed by atoms with E-state index in [9.17, 15) is 0 Å². The summed E-state index contributed by atoms with van der Waals surface area (Å²) in [5, 5.41) is 9.91. The van der Waals surface area contributed by atoms with E-state index in [0.717, 1.165) is 59.5 Å². The smallest absolute Gasteiger partial charge is 0.229 e. The Bertz CT molecular complexity index is 1380. The average molecular weight is 425 g/mol. The number of anilines is 3. The van der Waals surface area contributed by atoms with Crippen molar-refractivity contribution < 1.29 is 0 Å². The van der Waals surface area contributed by atoms with Crippen molar-refractivity contribution in [2.75, 3.05) is 43.4 Å². The lowest BCUT2D eigenvalue weighted by atomic mass is 10.2. The van der Waals surface area contributed by atoms with Crippen LogP contribution in [-0.4, -0.2) is 62.9 Å². The number of aromatic nitrogens is 5. The number of aromatic amines is 1. The van der Waals surface area contributed by atoms with Crippen LogP contribution in [0.25, 0.3) is 27.6 Å². The molecule has 1 saturated heterocycles. The van der Waals surface area contributed by atoms with E-state index in [-0.39, 0.29) is 0 Å². The van der Waals surface area contributed by atoms with Gasteiger partial charge in [-0.3, -0.25) is 0 Å². The number of rotatable bonds is 4. The molecule has 1 aliphatic rings. The maximum absolute atomic E-state index is 4.77. The Morgan fingerprint density at radius 2 is 1.78 bits per heavy atom. The summed E-state index contributed by atoms with van der Waals surface area (Å²) < 4.78 is 1.87. The summed E-state index contributed by atoms with van der Waals surface area (Å²) in [4.78, 5) is 17.3. The fourth-order valence-corrected chi connectivity index (χ4v) is 4.26. The fraction of sp³-hybridized carbons (Fsp3) is 0.208. The van der Waals surface area contributed by atoms with Gasteiger partial charge < -0.3 is 20.1 Å². The molecular formula is C24H24N8. The summed E-state index contributed by atoms with van der Waals surface area (Å²) in [5.41, 5.74) is 5.03. The number of nitrogens with zero attached hydrogens (tertiary/aromatic N) is 6. The Kier molecular flexibility index (Phi) is 4.50. The molecule has 0 radical (unpaired) electrons. The van der Waals surface area contributed by atoms with Gasteiger partial charge in [0.15, 0.2) is 5.65 Å². The molecule has 3 aromatic heterocycles. The van der Waals surface area contributed by atoms with Crippen molar-refractivity contribution in [1.82, 2.24) is 29.6 Å². The van der Waals surface area contributed by atoms with E-state index in [1.807, 2.05) is 23.1 Å². The predicted molar refractivity (Wildman–Crippen MR) is 128 cm³/mol. The van der Waals surface area contributed by atoms with Crippen molar-refractivity contribution in [3.8, 4) is 5.69 Å². The largest absolute Gasteiger partial charge is 0.369 e. The van der Waals surface area contributed by atoms with Gasteiger partial charge in [-0.1, -0.05) is 6.07 Å². The molecule has 0 atom stereocenters. The second-order valence-electron chi connectivity index (χ2n) is 8.21. The second kappa shape index (κ2) is 7.65. The number of piperazine rings is 1. The van der Waals surface area contributed by atoms with Gasteiger partial charge in [-0.2, -0.15) is 10.1 Å². The van der Waals surface area contributed by atoms with Crippen LogP contribution in [0.5, 0.6) is 0 Å². The Morgan fingerprint density at radius 1 is 0.938 bits per heavy atom. The number of likely N-dealkylation sites (N-methyl/N-ethyl adjacent to an activating group) is 1. The maximum Gasteiger partial charge on any atom is 0.229 e. The van der Waals surface area contributed by atoms with Crippen LogP contribution in [0.1, 0.15) is 0 Å². The average Bonchev–Trinajstić information content (AvgIpc) is 3.47. The third-order valence-electron chi connectivity index (χ3n) is 6.10. The van der Waals surface area contributed by atoms with E-state index in [1.165, 1.54) is 5.69 Å². The molecule has 0 unspecified atom stereocenters. The minimum Gasteiger partial charge on any atom is -0.369 e. The van der Waals surface area contributed by atoms with Crippen LogP contribution in [0.2, 0.25) is 0 Å². The van der Waals surface area contributed by atoms with E-state index < -0.39 is 0 Å². The van der Waals surface area contributed by atoms with E-state index >= 15 is 0 Å². The van der Waals surface area contributed by atoms with E-state index in [2.05, 4.69) is 79.7 Å². The monoisotopic (exact) mass is 424 g/mol. The summed E-state index contributed by atoms with van der Waals surface area (Å²) in [6.07, 6.45) is 5.55. The lowest BCUT2D eigenvalue weighted by Gasteiger charge is -2.34. The van der Waals surface area contributed by atoms with Gasteiger partial charge in [-0.25, -0.2) is 9.67 Å². The molecule has 6 rings (SSSR count). The summed E-state index contributed by atoms with van der Waals surface area (Å²) in [7, 11) is 2.17. The lowest BCUT2D eigenvalue weighted by Crippen LogP contribution is -2.44. The number of benzene rings is 2. The molecule has 4 heterocycles. The van der Waals surface area contributed by atoms with E-state index in [0.29, 0.717) is 5.95 Å². The predicted octanol–water partition coefficient (Wildman–Crippen LogP) is 3.79. The molecule has 8 nitrogen and oxygen atoms in total. The third-order valence-corrected chi connectivity index (χ3v) is 6.10. The topological polar surface area (TPSA) is 77.9 Å². The molecule has 5 aromatic rings. The first-order valence-corrected chi connectivity index (χ1v) is 10.8. The lowest BCUT2D eigenvalue weighted by molar-refractivity contribution is 0.313. The van der Waals surface area contributed by atoms with Gasteiger partial charge in [-0.15, -0.1) is 0 Å². The van der Waals surface area contributed by atoms with Gasteiger partial charge in [0.05, 0.1) is 17.3 Å². The molecule has 0 aliphatic carbocycles. The Morgan fingerprint density at radius 3 is 2.62 bits per heavy atom. The van der Waals surface area contributed by atoms with Crippen LogP contribution < -0.4 is 10.2 Å². The van der Waals surface area contributed by atoms with Crippen molar-refractivity contribution in [3.63, 3.8) is 0 Å². The molecule has 8 heteroatoms. The van der Waals surface area contributed by atoms with Gasteiger partial charge >= 0.3 is 0 Å². The molecule has 0 bridgehead atoms. The van der Waals surface area contributed by atoms with Crippen LogP contribution in [0, 0.1) is 0 Å². The number of H-pyrrole nitrogens is 1. The molecule has 0 amide bonds. The highest BCUT2D eigenvalue weighted by molar-refractivity contribution is 5.90. The summed E-state index contributed by atoms with van der Waals surface area (Å²) in [5.74, 6) is 0.549. The number of nitrogens with one attached hydrogen (secondary N) is 2. The number of hydrogen-bond donors (Lipinski definition) is 2. The molecule has 32 heavy (non-hydrogen) atoms. The van der Waals surface area contributed by atoms with Crippen LogP contribution in [0.3, 0.4) is 0 Å². The highest BCUT2D eigenvalue weighted by Gasteiger charge is 2.15. The Hall–Kier alpha value is -3.91. The van der Waals surface area contributed by atoms with Crippen molar-refractivity contribution >= 4 is 39.3 Å². The zero-order chi connectivity index (χ0) is 21.5. The van der Waals surface area contributed by atoms with E-state index in [1.54, 1.807) is 6.20 Å². The van der Waals surface area contributed by atoms with Crippen LogP contribution in [0.4, 0.5) is 17.3 Å². The third kappa shape index (κ3) is 3.34. The minimum absolute atomic E-state index is 0.549. The standard InChI is InChI=1S/C24H24N8/c1-30-11-13-31(14-12-30)19-7-5-18(6-8-19)28-24-26-15-17-16-27-32(23(17)29-24)22-4-2-3-21-20(22)9-10-25-21/h2-10,15-16,25H,11-14H2,1H3,(H,26,28,29). The first kappa shape index (κ1) is 18.8. The fourth-order valence-electron chi connectivity index (χ4n) is 4.26. The molecule has 1 aliphatic heterocycles. The first-order chi connectivity index (χ1) is 15.7. The van der Waals surface area contributed by atoms with Crippen LogP contribution in [-0.2, 0) is 0 Å². The second-order valence-corrected chi connectivity index (χ2v) is 8.21. The molecule has 1 fully saturated rings. The van der Waals surface area contributed by atoms with Gasteiger partial charge in [-0.05, 0) is 49.5 Å². The van der Waals surface area contributed by atoms with Crippen LogP contribution >= 0.6 is 0 Å². The van der Waals surface area contributed by atoms with E-state index in [4.69, 9.17) is 4.98 Å². The first-order valence-electron chi connectivity index (χ1n) is 10.8. The van der Waals surface area contributed by atoms with Crippen molar-refractivity contribution in [2.45, 2.75) is 0 Å². The van der Waals surface area contributed by atoms with Crippen LogP contribution in [0.15, 0.2) is 67.1 Å². The van der Waals surface area contributed by atoms with Crippen molar-refractivity contribution in [2.24, 2.45) is 0 Å². The van der Waals surface area contributed by atoms with Crippen molar-refractivity contribution in [3.05, 3.63) is 67.1 Å². The molecule has 0 saturated carbocycles. The zero-order valence-corrected chi connectivity index (χ0v) is 17.9. The van der Waals surface area contributed by atoms with Gasteiger partial charge in [0, 0.05) is 60.9 Å². The molecule has 2 N–H and O–H groups in total. The molecule has 2 aromatic carbocycles. The minimum atomic E-state index is 0.549. The number of fused-ring (bicyclic) bond motifs is 2. The van der Waals surface area contributed by atoms with Gasteiger partial charge in [0.2, 0.25) is 5.95 Å². The summed E-state index contributed by atoms with van der Waals surface area (Å²) in [6.45, 7) is 4.30.